The van der Waals surface area contributed by atoms with Crippen molar-refractivity contribution in [1.82, 2.24) is 0 Å². The number of nitrogens with zero attached hydrogens (tertiary/aromatic N) is 2. The van der Waals surface area contributed by atoms with Crippen LogP contribution in [0.15, 0.2) is 18.2 Å². The van der Waals surface area contributed by atoms with Crippen molar-refractivity contribution in [3.8, 4) is 6.07 Å². The van der Waals surface area contributed by atoms with E-state index in [0.717, 1.165) is 5.69 Å². The average Bonchev–Trinajstić information content (AvgIpc) is 2.39. The molecule has 0 heterocycles. The van der Waals surface area contributed by atoms with Crippen LogP contribution in [0.25, 0.3) is 0 Å². The van der Waals surface area contributed by atoms with Crippen molar-refractivity contribution >= 4 is 5.69 Å². The second-order valence-electron chi connectivity index (χ2n) is 4.27. The first kappa shape index (κ1) is 15.4. The third-order valence-electron chi connectivity index (χ3n) is 2.84. The molecule has 0 aliphatic rings. The summed E-state index contributed by atoms with van der Waals surface area (Å²) in [5, 5.41) is 18.4. The Kier molecular flexibility index (Phi) is 6.26. The molecule has 1 N–H and O–H groups in total. The third kappa shape index (κ3) is 4.51. The van der Waals surface area contributed by atoms with Crippen LogP contribution < -0.4 is 4.90 Å². The van der Waals surface area contributed by atoms with Crippen LogP contribution in [-0.4, -0.2) is 31.9 Å². The minimum atomic E-state index is -0.766. The normalized spacial score (nSPS) is 11.9. The Morgan fingerprint density at radius 1 is 1.47 bits per heavy atom. The standard InChI is InChI=1S/C14H19FN2O2/c1-11(18)13-10-12(15)4-5-14(13)17(7-3-6-16)8-9-19-2/h4-5,10-11,18H,3,7-9H2,1-2H3/t11-/m1/s1. The molecule has 0 unspecified atom stereocenters. The molecule has 0 fully saturated rings. The minimum Gasteiger partial charge on any atom is -0.389 e. The summed E-state index contributed by atoms with van der Waals surface area (Å²) in [6, 6.07) is 6.39. The van der Waals surface area contributed by atoms with Crippen LogP contribution in [0.5, 0.6) is 0 Å². The number of rotatable bonds is 7. The maximum absolute atomic E-state index is 13.3. The van der Waals surface area contributed by atoms with Crippen LogP contribution in [-0.2, 0) is 4.74 Å². The highest BCUT2D eigenvalue weighted by Crippen LogP contribution is 2.27. The predicted octanol–water partition coefficient (Wildman–Crippen LogP) is 2.25. The molecule has 0 aromatic heterocycles. The minimum absolute atomic E-state index is 0.361. The maximum Gasteiger partial charge on any atom is 0.123 e. The molecule has 4 nitrogen and oxygen atoms in total. The molecule has 0 amide bonds. The van der Waals surface area contributed by atoms with E-state index in [4.69, 9.17) is 10.00 Å². The lowest BCUT2D eigenvalue weighted by Crippen LogP contribution is -2.29. The number of hydrogen-bond donors (Lipinski definition) is 1. The van der Waals surface area contributed by atoms with Gasteiger partial charge in [0.2, 0.25) is 0 Å². The number of aliphatic hydroxyl groups excluding tert-OH is 1. The van der Waals surface area contributed by atoms with Crippen LogP contribution in [0.1, 0.15) is 25.0 Å². The van der Waals surface area contributed by atoms with Crippen molar-refractivity contribution in [2.45, 2.75) is 19.4 Å². The highest BCUT2D eigenvalue weighted by molar-refractivity contribution is 5.55. The summed E-state index contributed by atoms with van der Waals surface area (Å²) in [5.74, 6) is -0.383. The fraction of sp³-hybridized carbons (Fsp3) is 0.500. The Labute approximate surface area is 113 Å². The number of benzene rings is 1. The number of halogens is 1. The summed E-state index contributed by atoms with van der Waals surface area (Å²) in [7, 11) is 1.60. The van der Waals surface area contributed by atoms with Crippen LogP contribution in [0.3, 0.4) is 0 Å². The van der Waals surface area contributed by atoms with Gasteiger partial charge in [-0.15, -0.1) is 0 Å². The van der Waals surface area contributed by atoms with E-state index in [0.29, 0.717) is 31.7 Å². The molecule has 1 aromatic rings. The molecular weight excluding hydrogens is 247 g/mol. The molecular formula is C14H19FN2O2. The van der Waals surface area contributed by atoms with E-state index in [1.807, 2.05) is 4.90 Å². The van der Waals surface area contributed by atoms with Gasteiger partial charge in [0.15, 0.2) is 0 Å². The van der Waals surface area contributed by atoms with Crippen LogP contribution >= 0.6 is 0 Å². The number of nitriles is 1. The zero-order valence-corrected chi connectivity index (χ0v) is 11.3. The van der Waals surface area contributed by atoms with Crippen LogP contribution in [0, 0.1) is 17.1 Å². The fourth-order valence-corrected chi connectivity index (χ4v) is 1.89. The summed E-state index contributed by atoms with van der Waals surface area (Å²) in [5.41, 5.74) is 1.26. The molecule has 0 saturated carbocycles. The van der Waals surface area contributed by atoms with E-state index >= 15 is 0 Å². The Balaban J connectivity index is 3.02. The lowest BCUT2D eigenvalue weighted by molar-refractivity contribution is 0.197. The summed E-state index contributed by atoms with van der Waals surface area (Å²) in [6.45, 7) is 3.20. The SMILES string of the molecule is COCCN(CCC#N)c1ccc(F)cc1[C@@H](C)O. The van der Waals surface area contributed by atoms with Gasteiger partial charge < -0.3 is 14.7 Å². The van der Waals surface area contributed by atoms with Crippen molar-refractivity contribution in [3.05, 3.63) is 29.6 Å². The zero-order chi connectivity index (χ0) is 14.3. The lowest BCUT2D eigenvalue weighted by Gasteiger charge is -2.27. The summed E-state index contributed by atoms with van der Waals surface area (Å²) in [4.78, 5) is 1.92. The number of methoxy groups -OCH3 is 1. The summed E-state index contributed by atoms with van der Waals surface area (Å²) < 4.78 is 18.3. The van der Waals surface area contributed by atoms with Crippen molar-refractivity contribution < 1.29 is 14.2 Å². The largest absolute Gasteiger partial charge is 0.389 e. The topological polar surface area (TPSA) is 56.5 Å². The van der Waals surface area contributed by atoms with Crippen molar-refractivity contribution in [2.75, 3.05) is 31.7 Å². The number of aliphatic hydroxyl groups is 1. The quantitative estimate of drug-likeness (QED) is 0.822. The molecule has 5 heteroatoms. The molecule has 1 rings (SSSR count). The Bertz CT molecular complexity index is 444. The molecule has 0 aliphatic carbocycles. The van der Waals surface area contributed by atoms with Gasteiger partial charge in [-0.25, -0.2) is 4.39 Å². The highest BCUT2D eigenvalue weighted by atomic mass is 19.1. The Hall–Kier alpha value is -1.64. The number of hydrogen-bond acceptors (Lipinski definition) is 4. The van der Waals surface area contributed by atoms with E-state index < -0.39 is 6.10 Å². The number of ether oxygens (including phenoxy) is 1. The van der Waals surface area contributed by atoms with E-state index in [-0.39, 0.29) is 5.82 Å². The van der Waals surface area contributed by atoms with E-state index in [1.165, 1.54) is 12.1 Å². The van der Waals surface area contributed by atoms with E-state index in [2.05, 4.69) is 6.07 Å². The van der Waals surface area contributed by atoms with Crippen LogP contribution in [0.4, 0.5) is 10.1 Å². The first-order valence-corrected chi connectivity index (χ1v) is 6.18. The first-order chi connectivity index (χ1) is 9.10. The number of anilines is 1. The van der Waals surface area contributed by atoms with Gasteiger partial charge in [0.25, 0.3) is 0 Å². The Morgan fingerprint density at radius 2 is 2.21 bits per heavy atom. The smallest absolute Gasteiger partial charge is 0.123 e. The van der Waals surface area contributed by atoms with Gasteiger partial charge in [-0.1, -0.05) is 0 Å². The fourth-order valence-electron chi connectivity index (χ4n) is 1.89. The molecule has 104 valence electrons. The molecule has 1 aromatic carbocycles. The molecule has 0 aliphatic heterocycles. The zero-order valence-electron chi connectivity index (χ0n) is 11.3. The van der Waals surface area contributed by atoms with Gasteiger partial charge in [0.1, 0.15) is 5.82 Å². The molecule has 0 bridgehead atoms. The maximum atomic E-state index is 13.3. The Morgan fingerprint density at radius 3 is 2.79 bits per heavy atom. The van der Waals surface area contributed by atoms with Gasteiger partial charge in [-0.3, -0.25) is 0 Å². The van der Waals surface area contributed by atoms with Gasteiger partial charge >= 0.3 is 0 Å². The second-order valence-corrected chi connectivity index (χ2v) is 4.27. The van der Waals surface area contributed by atoms with E-state index in [1.54, 1.807) is 20.1 Å². The second kappa shape index (κ2) is 7.72. The van der Waals surface area contributed by atoms with Crippen molar-refractivity contribution in [3.63, 3.8) is 0 Å². The molecule has 1 atom stereocenters. The van der Waals surface area contributed by atoms with Gasteiger partial charge in [0, 0.05) is 31.5 Å². The van der Waals surface area contributed by atoms with Crippen LogP contribution in [0.2, 0.25) is 0 Å². The van der Waals surface area contributed by atoms with Gasteiger partial charge in [-0.2, -0.15) is 5.26 Å². The van der Waals surface area contributed by atoms with Gasteiger partial charge in [0.05, 0.1) is 25.2 Å². The average molecular weight is 266 g/mol. The highest BCUT2D eigenvalue weighted by Gasteiger charge is 2.15. The lowest BCUT2D eigenvalue weighted by atomic mass is 10.1. The molecule has 0 spiro atoms. The summed E-state index contributed by atoms with van der Waals surface area (Å²) in [6.07, 6.45) is -0.404. The van der Waals surface area contributed by atoms with E-state index in [9.17, 15) is 9.50 Å². The third-order valence-corrected chi connectivity index (χ3v) is 2.84. The molecule has 0 radical (unpaired) electrons. The van der Waals surface area contributed by atoms with Crippen molar-refractivity contribution in [1.29, 1.82) is 5.26 Å². The first-order valence-electron chi connectivity index (χ1n) is 6.18. The monoisotopic (exact) mass is 266 g/mol. The molecule has 0 saturated heterocycles. The van der Waals surface area contributed by atoms with Crippen molar-refractivity contribution in [2.24, 2.45) is 0 Å². The summed E-state index contributed by atoms with van der Waals surface area (Å²) >= 11 is 0. The molecule has 19 heavy (non-hydrogen) atoms. The van der Waals surface area contributed by atoms with Gasteiger partial charge in [-0.05, 0) is 25.1 Å². The predicted molar refractivity (Wildman–Crippen MR) is 71.4 cm³/mol.